The quantitative estimate of drug-likeness (QED) is 0.690. The number of hydrogen-bond acceptors (Lipinski definition) is 1. The summed E-state index contributed by atoms with van der Waals surface area (Å²) in [4.78, 5) is 0. The van der Waals surface area contributed by atoms with Crippen LogP contribution in [0.1, 0.15) is 44.6 Å². The van der Waals surface area contributed by atoms with E-state index >= 15 is 0 Å². The lowest BCUT2D eigenvalue weighted by atomic mass is 9.72. The van der Waals surface area contributed by atoms with Crippen molar-refractivity contribution in [2.24, 2.45) is 11.8 Å². The van der Waals surface area contributed by atoms with Crippen LogP contribution in [0.4, 0.5) is 5.69 Å². The largest absolute Gasteiger partial charge is 0.399 e. The molecule has 1 saturated carbocycles. The lowest BCUT2D eigenvalue weighted by Crippen LogP contribution is -2.19. The fourth-order valence-electron chi connectivity index (χ4n) is 2.74. The van der Waals surface area contributed by atoms with Crippen molar-refractivity contribution >= 4 is 5.69 Å². The van der Waals surface area contributed by atoms with Gasteiger partial charge in [-0.05, 0) is 48.3 Å². The van der Waals surface area contributed by atoms with E-state index in [1.165, 1.54) is 24.8 Å². The molecule has 1 aromatic carbocycles. The Bertz CT molecular complexity index is 315. The lowest BCUT2D eigenvalue weighted by Gasteiger charge is -2.33. The van der Waals surface area contributed by atoms with Gasteiger partial charge in [0, 0.05) is 5.69 Å². The zero-order valence-electron chi connectivity index (χ0n) is 9.74. The smallest absolute Gasteiger partial charge is 0.0314 e. The Morgan fingerprint density at radius 1 is 1.07 bits per heavy atom. The molecule has 1 fully saturated rings. The van der Waals surface area contributed by atoms with Crippen LogP contribution < -0.4 is 5.73 Å². The molecule has 0 bridgehead atoms. The van der Waals surface area contributed by atoms with Gasteiger partial charge in [0.2, 0.25) is 0 Å². The van der Waals surface area contributed by atoms with Crippen molar-refractivity contribution in [1.29, 1.82) is 0 Å². The van der Waals surface area contributed by atoms with Crippen LogP contribution in [-0.4, -0.2) is 0 Å². The lowest BCUT2D eigenvalue weighted by molar-refractivity contribution is 0.264. The van der Waals surface area contributed by atoms with Gasteiger partial charge in [-0.1, -0.05) is 32.4 Å². The SMILES string of the molecule is C[C@@H]1CC[C@@H](C)[C@H](c2ccc(N)cc2)C1. The van der Waals surface area contributed by atoms with Gasteiger partial charge in [0.15, 0.2) is 0 Å². The van der Waals surface area contributed by atoms with E-state index in [9.17, 15) is 0 Å². The summed E-state index contributed by atoms with van der Waals surface area (Å²) < 4.78 is 0. The molecule has 1 heteroatoms. The molecule has 2 rings (SSSR count). The summed E-state index contributed by atoms with van der Waals surface area (Å²) in [7, 11) is 0. The highest BCUT2D eigenvalue weighted by Gasteiger charge is 2.26. The molecule has 82 valence electrons. The molecule has 0 heterocycles. The van der Waals surface area contributed by atoms with Crippen LogP contribution in [0, 0.1) is 11.8 Å². The highest BCUT2D eigenvalue weighted by Crippen LogP contribution is 2.40. The molecule has 0 aliphatic heterocycles. The van der Waals surface area contributed by atoms with Gasteiger partial charge in [-0.15, -0.1) is 0 Å². The van der Waals surface area contributed by atoms with Gasteiger partial charge in [-0.3, -0.25) is 0 Å². The van der Waals surface area contributed by atoms with E-state index in [1.807, 2.05) is 12.1 Å². The van der Waals surface area contributed by atoms with Gasteiger partial charge >= 0.3 is 0 Å². The molecule has 1 aromatic rings. The van der Waals surface area contributed by atoms with E-state index in [0.717, 1.165) is 23.4 Å². The van der Waals surface area contributed by atoms with Gasteiger partial charge in [-0.2, -0.15) is 0 Å². The first kappa shape index (κ1) is 10.5. The molecule has 1 aliphatic carbocycles. The van der Waals surface area contributed by atoms with E-state index in [-0.39, 0.29) is 0 Å². The summed E-state index contributed by atoms with van der Waals surface area (Å²) in [6.45, 7) is 4.75. The number of hydrogen-bond donors (Lipinski definition) is 1. The second kappa shape index (κ2) is 4.26. The third-order valence-electron chi connectivity index (χ3n) is 3.82. The summed E-state index contributed by atoms with van der Waals surface area (Å²) in [5.41, 5.74) is 8.06. The minimum absolute atomic E-state index is 0.745. The highest BCUT2D eigenvalue weighted by molar-refractivity contribution is 5.40. The predicted octanol–water partition coefficient (Wildman–Crippen LogP) is 3.81. The van der Waals surface area contributed by atoms with Crippen molar-refractivity contribution in [1.82, 2.24) is 0 Å². The molecular formula is C14H21N. The van der Waals surface area contributed by atoms with Gasteiger partial charge in [0.05, 0.1) is 0 Å². The number of nitrogens with two attached hydrogens (primary N) is 1. The summed E-state index contributed by atoms with van der Waals surface area (Å²) in [5, 5.41) is 0. The number of nitrogen functional groups attached to an aromatic ring is 1. The molecule has 0 radical (unpaired) electrons. The molecule has 0 amide bonds. The van der Waals surface area contributed by atoms with Crippen molar-refractivity contribution in [3.05, 3.63) is 29.8 Å². The van der Waals surface area contributed by atoms with Crippen molar-refractivity contribution in [3.8, 4) is 0 Å². The molecule has 2 N–H and O–H groups in total. The molecule has 1 aliphatic rings. The van der Waals surface area contributed by atoms with Crippen molar-refractivity contribution in [3.63, 3.8) is 0 Å². The van der Waals surface area contributed by atoms with E-state index in [1.54, 1.807) is 0 Å². The molecule has 0 aromatic heterocycles. The van der Waals surface area contributed by atoms with Crippen LogP contribution in [-0.2, 0) is 0 Å². The monoisotopic (exact) mass is 203 g/mol. The molecule has 0 unspecified atom stereocenters. The van der Waals surface area contributed by atoms with E-state index in [0.29, 0.717) is 0 Å². The van der Waals surface area contributed by atoms with Crippen LogP contribution in [0.2, 0.25) is 0 Å². The zero-order chi connectivity index (χ0) is 10.8. The second-order valence-electron chi connectivity index (χ2n) is 5.17. The Hall–Kier alpha value is -0.980. The third-order valence-corrected chi connectivity index (χ3v) is 3.82. The van der Waals surface area contributed by atoms with Crippen LogP contribution in [0.15, 0.2) is 24.3 Å². The predicted molar refractivity (Wildman–Crippen MR) is 65.8 cm³/mol. The van der Waals surface area contributed by atoms with Crippen LogP contribution in [0.3, 0.4) is 0 Å². The molecule has 0 spiro atoms. The van der Waals surface area contributed by atoms with Gasteiger partial charge in [-0.25, -0.2) is 0 Å². The first-order chi connectivity index (χ1) is 7.16. The topological polar surface area (TPSA) is 26.0 Å². The van der Waals surface area contributed by atoms with E-state index in [2.05, 4.69) is 26.0 Å². The molecular weight excluding hydrogens is 182 g/mol. The number of benzene rings is 1. The molecule has 3 atom stereocenters. The Morgan fingerprint density at radius 3 is 2.40 bits per heavy atom. The average molecular weight is 203 g/mol. The third kappa shape index (κ3) is 2.34. The summed E-state index contributed by atoms with van der Waals surface area (Å²) in [6, 6.07) is 8.46. The number of anilines is 1. The maximum absolute atomic E-state index is 5.72. The standard InChI is InChI=1S/C14H21N/c1-10-3-4-11(2)14(9-10)12-5-7-13(15)8-6-12/h5-8,10-11,14H,3-4,9,15H2,1-2H3/t10-,11-,14-/m1/s1. The van der Waals surface area contributed by atoms with Crippen molar-refractivity contribution in [2.45, 2.75) is 39.0 Å². The van der Waals surface area contributed by atoms with E-state index in [4.69, 9.17) is 5.73 Å². The van der Waals surface area contributed by atoms with Crippen LogP contribution in [0.25, 0.3) is 0 Å². The van der Waals surface area contributed by atoms with Gasteiger partial charge < -0.3 is 5.73 Å². The molecule has 1 nitrogen and oxygen atoms in total. The Kier molecular flexibility index (Phi) is 2.99. The minimum atomic E-state index is 0.745. The summed E-state index contributed by atoms with van der Waals surface area (Å²) in [5.74, 6) is 2.45. The summed E-state index contributed by atoms with van der Waals surface area (Å²) in [6.07, 6.45) is 4.11. The Balaban J connectivity index is 2.17. The van der Waals surface area contributed by atoms with Gasteiger partial charge in [0.25, 0.3) is 0 Å². The Labute approximate surface area is 92.7 Å². The zero-order valence-corrected chi connectivity index (χ0v) is 9.74. The minimum Gasteiger partial charge on any atom is -0.399 e. The first-order valence-electron chi connectivity index (χ1n) is 6.02. The fraction of sp³-hybridized carbons (Fsp3) is 0.571. The maximum Gasteiger partial charge on any atom is 0.0314 e. The Morgan fingerprint density at radius 2 is 1.73 bits per heavy atom. The van der Waals surface area contributed by atoms with Crippen LogP contribution in [0.5, 0.6) is 0 Å². The van der Waals surface area contributed by atoms with E-state index < -0.39 is 0 Å². The maximum atomic E-state index is 5.72. The second-order valence-corrected chi connectivity index (χ2v) is 5.17. The summed E-state index contributed by atoms with van der Waals surface area (Å²) >= 11 is 0. The molecule has 0 saturated heterocycles. The first-order valence-corrected chi connectivity index (χ1v) is 6.02. The number of rotatable bonds is 1. The fourth-order valence-corrected chi connectivity index (χ4v) is 2.74. The van der Waals surface area contributed by atoms with Gasteiger partial charge in [0.1, 0.15) is 0 Å². The average Bonchev–Trinajstić information content (AvgIpc) is 2.23. The van der Waals surface area contributed by atoms with Crippen molar-refractivity contribution in [2.75, 3.05) is 5.73 Å². The van der Waals surface area contributed by atoms with Crippen LogP contribution >= 0.6 is 0 Å². The highest BCUT2D eigenvalue weighted by atomic mass is 14.5. The molecule has 15 heavy (non-hydrogen) atoms. The normalized spacial score (nSPS) is 31.5. The van der Waals surface area contributed by atoms with Crippen molar-refractivity contribution < 1.29 is 0 Å².